The Balaban J connectivity index is 0.00000200. The molecule has 1 aliphatic carbocycles. The molecule has 1 amide bonds. The number of hydrogen-bond donors (Lipinski definition) is 2. The predicted octanol–water partition coefficient (Wildman–Crippen LogP) is 3.66. The van der Waals surface area contributed by atoms with Crippen molar-refractivity contribution in [3.8, 4) is 0 Å². The summed E-state index contributed by atoms with van der Waals surface area (Å²) in [6, 6.07) is 5.84. The molecule has 1 saturated carbocycles. The van der Waals surface area contributed by atoms with Gasteiger partial charge in [0.05, 0.1) is 0 Å². The van der Waals surface area contributed by atoms with Gasteiger partial charge >= 0.3 is 0 Å². The first-order valence-corrected chi connectivity index (χ1v) is 7.70. The van der Waals surface area contributed by atoms with Crippen LogP contribution in [0.1, 0.15) is 31.2 Å². The Bertz CT molecular complexity index is 470. The van der Waals surface area contributed by atoms with Crippen LogP contribution in [-0.4, -0.2) is 11.9 Å². The van der Waals surface area contributed by atoms with E-state index >= 15 is 0 Å². The second-order valence-corrected chi connectivity index (χ2v) is 6.40. The van der Waals surface area contributed by atoms with Crippen LogP contribution in [0.15, 0.2) is 22.7 Å². The van der Waals surface area contributed by atoms with E-state index < -0.39 is 0 Å². The minimum absolute atomic E-state index is 0. The molecule has 0 spiro atoms. The lowest BCUT2D eigenvalue weighted by Gasteiger charge is -2.25. The average molecular weight is 382 g/mol. The fourth-order valence-corrected chi connectivity index (χ4v) is 3.20. The van der Waals surface area contributed by atoms with E-state index in [-0.39, 0.29) is 30.3 Å². The molecule has 0 heterocycles. The summed E-state index contributed by atoms with van der Waals surface area (Å²) in [5.41, 5.74) is 6.83. The molecule has 20 heavy (non-hydrogen) atoms. The Morgan fingerprint density at radius 3 is 2.85 bits per heavy atom. The van der Waals surface area contributed by atoms with Gasteiger partial charge in [0.25, 0.3) is 0 Å². The van der Waals surface area contributed by atoms with Gasteiger partial charge < -0.3 is 11.1 Å². The fourth-order valence-electron chi connectivity index (χ4n) is 2.46. The molecule has 0 aliphatic heterocycles. The van der Waals surface area contributed by atoms with Crippen LogP contribution in [0.2, 0.25) is 5.02 Å². The van der Waals surface area contributed by atoms with E-state index in [1.165, 1.54) is 0 Å². The number of nitrogens with two attached hydrogens (primary N) is 1. The highest BCUT2D eigenvalue weighted by molar-refractivity contribution is 9.10. The fraction of sp³-hybridized carbons (Fsp3) is 0.500. The zero-order valence-corrected chi connectivity index (χ0v) is 14.2. The minimum atomic E-state index is 0. The van der Waals surface area contributed by atoms with Crippen LogP contribution in [0.5, 0.6) is 0 Å². The molecule has 0 saturated heterocycles. The van der Waals surface area contributed by atoms with Gasteiger partial charge in [0.15, 0.2) is 0 Å². The second-order valence-electron chi connectivity index (χ2n) is 5.08. The van der Waals surface area contributed by atoms with Gasteiger partial charge in [0, 0.05) is 28.0 Å². The third-order valence-electron chi connectivity index (χ3n) is 3.55. The third-order valence-corrected chi connectivity index (χ3v) is 4.40. The highest BCUT2D eigenvalue weighted by Crippen LogP contribution is 2.24. The highest BCUT2D eigenvalue weighted by atomic mass is 79.9. The largest absolute Gasteiger partial charge is 0.352 e. The quantitative estimate of drug-likeness (QED) is 0.839. The monoisotopic (exact) mass is 380 g/mol. The lowest BCUT2D eigenvalue weighted by molar-refractivity contribution is -0.126. The summed E-state index contributed by atoms with van der Waals surface area (Å²) in [5, 5.41) is 3.62. The van der Waals surface area contributed by atoms with Gasteiger partial charge in [0.1, 0.15) is 0 Å². The molecule has 2 unspecified atom stereocenters. The minimum Gasteiger partial charge on any atom is -0.352 e. The number of carbonyl (C=O) groups excluding carboxylic acids is 1. The van der Waals surface area contributed by atoms with Crippen molar-refractivity contribution < 1.29 is 4.79 Å². The summed E-state index contributed by atoms with van der Waals surface area (Å²) in [6.45, 7) is 0.469. The van der Waals surface area contributed by atoms with Gasteiger partial charge in [-0.1, -0.05) is 40.0 Å². The Morgan fingerprint density at radius 2 is 2.20 bits per heavy atom. The molecular formula is C14H19BrCl2N2O. The van der Waals surface area contributed by atoms with Gasteiger partial charge in [0.2, 0.25) is 5.91 Å². The van der Waals surface area contributed by atoms with Gasteiger partial charge in [-0.2, -0.15) is 0 Å². The van der Waals surface area contributed by atoms with E-state index in [1.54, 1.807) is 0 Å². The van der Waals surface area contributed by atoms with E-state index in [1.807, 2.05) is 18.2 Å². The molecule has 1 fully saturated rings. The Kier molecular flexibility index (Phi) is 7.30. The number of halogens is 3. The molecule has 1 aromatic carbocycles. The van der Waals surface area contributed by atoms with Crippen molar-refractivity contribution in [2.45, 2.75) is 38.3 Å². The molecule has 6 heteroatoms. The van der Waals surface area contributed by atoms with Crippen LogP contribution < -0.4 is 11.1 Å². The molecule has 1 aliphatic rings. The summed E-state index contributed by atoms with van der Waals surface area (Å²) in [6.07, 6.45) is 3.80. The molecule has 0 radical (unpaired) electrons. The zero-order valence-electron chi connectivity index (χ0n) is 11.1. The number of carbonyl (C=O) groups is 1. The zero-order chi connectivity index (χ0) is 13.8. The van der Waals surface area contributed by atoms with Gasteiger partial charge in [-0.3, -0.25) is 4.79 Å². The summed E-state index contributed by atoms with van der Waals surface area (Å²) in [5.74, 6) is 0.145. The maximum atomic E-state index is 12.1. The summed E-state index contributed by atoms with van der Waals surface area (Å²) in [7, 11) is 0. The number of rotatable bonds is 3. The van der Waals surface area contributed by atoms with Crippen LogP contribution in [0.4, 0.5) is 0 Å². The van der Waals surface area contributed by atoms with E-state index in [4.69, 9.17) is 17.3 Å². The van der Waals surface area contributed by atoms with Crippen molar-refractivity contribution in [3.05, 3.63) is 33.3 Å². The van der Waals surface area contributed by atoms with Gasteiger partial charge in [-0.25, -0.2) is 0 Å². The first kappa shape index (κ1) is 17.8. The molecule has 0 bridgehead atoms. The van der Waals surface area contributed by atoms with Crippen molar-refractivity contribution in [2.75, 3.05) is 0 Å². The summed E-state index contributed by atoms with van der Waals surface area (Å²) in [4.78, 5) is 12.1. The van der Waals surface area contributed by atoms with Crippen LogP contribution in [0.3, 0.4) is 0 Å². The maximum absolute atomic E-state index is 12.1. The number of hydrogen-bond acceptors (Lipinski definition) is 2. The maximum Gasteiger partial charge on any atom is 0.223 e. The summed E-state index contributed by atoms with van der Waals surface area (Å²) < 4.78 is 0.936. The first-order valence-electron chi connectivity index (χ1n) is 6.53. The Morgan fingerprint density at radius 1 is 1.45 bits per heavy atom. The highest BCUT2D eigenvalue weighted by Gasteiger charge is 2.25. The Hall–Kier alpha value is -0.290. The van der Waals surface area contributed by atoms with Crippen LogP contribution in [-0.2, 0) is 11.3 Å². The number of benzene rings is 1. The van der Waals surface area contributed by atoms with Crippen LogP contribution in [0.25, 0.3) is 0 Å². The second kappa shape index (κ2) is 8.23. The standard InChI is InChI=1S/C14H18BrClN2O.ClH/c15-11-5-4-10(13(16)7-11)8-18-14(19)9-2-1-3-12(17)6-9;/h4-5,7,9,12H,1-3,6,8,17H2,(H,18,19);1H. The molecule has 2 rings (SSSR count). The topological polar surface area (TPSA) is 55.1 Å². The average Bonchev–Trinajstić information content (AvgIpc) is 2.37. The van der Waals surface area contributed by atoms with Crippen molar-refractivity contribution in [1.29, 1.82) is 0 Å². The molecule has 3 N–H and O–H groups in total. The molecule has 3 nitrogen and oxygen atoms in total. The molecule has 2 atom stereocenters. The lowest BCUT2D eigenvalue weighted by Crippen LogP contribution is -2.37. The SMILES string of the molecule is Cl.NC1CCCC(C(=O)NCc2ccc(Br)cc2Cl)C1. The van der Waals surface area contributed by atoms with Gasteiger partial charge in [-0.15, -0.1) is 12.4 Å². The van der Waals surface area contributed by atoms with Gasteiger partial charge in [-0.05, 0) is 37.0 Å². The van der Waals surface area contributed by atoms with E-state index in [0.717, 1.165) is 35.7 Å². The molecular weight excluding hydrogens is 363 g/mol. The van der Waals surface area contributed by atoms with Crippen molar-refractivity contribution >= 4 is 45.8 Å². The molecule has 112 valence electrons. The summed E-state index contributed by atoms with van der Waals surface area (Å²) >= 11 is 9.48. The lowest BCUT2D eigenvalue weighted by atomic mass is 9.85. The predicted molar refractivity (Wildman–Crippen MR) is 88.2 cm³/mol. The number of amides is 1. The van der Waals surface area contributed by atoms with Crippen LogP contribution >= 0.6 is 39.9 Å². The van der Waals surface area contributed by atoms with E-state index in [9.17, 15) is 4.79 Å². The normalized spacial score (nSPS) is 21.9. The van der Waals surface area contributed by atoms with Crippen LogP contribution in [0, 0.1) is 5.92 Å². The van der Waals surface area contributed by atoms with E-state index in [2.05, 4.69) is 21.2 Å². The van der Waals surface area contributed by atoms with E-state index in [0.29, 0.717) is 11.6 Å². The third kappa shape index (κ3) is 4.92. The smallest absolute Gasteiger partial charge is 0.223 e. The van der Waals surface area contributed by atoms with Crippen molar-refractivity contribution in [3.63, 3.8) is 0 Å². The number of nitrogens with one attached hydrogen (secondary N) is 1. The molecule has 0 aromatic heterocycles. The first-order chi connectivity index (χ1) is 9.06. The molecule has 1 aromatic rings. The van der Waals surface area contributed by atoms with Crippen molar-refractivity contribution in [2.24, 2.45) is 11.7 Å². The van der Waals surface area contributed by atoms with Crippen molar-refractivity contribution in [1.82, 2.24) is 5.32 Å². The Labute approximate surface area is 139 Å².